The minimum Gasteiger partial charge on any atom is -0.444 e. The number of nitrogens with zero attached hydrogens (tertiary/aromatic N) is 4. The molecule has 42 heavy (non-hydrogen) atoms. The molecule has 0 N–H and O–H groups in total. The third kappa shape index (κ3) is 6.56. The summed E-state index contributed by atoms with van der Waals surface area (Å²) < 4.78 is 33.1. The van der Waals surface area contributed by atoms with Crippen molar-refractivity contribution in [3.05, 3.63) is 65.2 Å². The number of urea groups is 1. The molecule has 5 rings (SSSR count). The van der Waals surface area contributed by atoms with E-state index in [1.807, 2.05) is 13.0 Å². The van der Waals surface area contributed by atoms with Gasteiger partial charge in [-0.05, 0) is 55.4 Å². The second-order valence-electron chi connectivity index (χ2n) is 11.6. The minimum absolute atomic E-state index is 0.0389. The van der Waals surface area contributed by atoms with E-state index in [-0.39, 0.29) is 18.3 Å². The Labute approximate surface area is 248 Å². The lowest BCUT2D eigenvalue weighted by atomic mass is 9.91. The van der Waals surface area contributed by atoms with Crippen molar-refractivity contribution in [1.29, 1.82) is 0 Å². The second kappa shape index (κ2) is 12.7. The molecule has 0 aromatic heterocycles. The third-order valence-electron chi connectivity index (χ3n) is 8.56. The average Bonchev–Trinajstić information content (AvgIpc) is 3.35. The number of anilines is 1. The maximum atomic E-state index is 13.8. The Morgan fingerprint density at radius 2 is 1.62 bits per heavy atom. The van der Waals surface area contributed by atoms with Crippen molar-refractivity contribution < 1.29 is 27.5 Å². The quantitative estimate of drug-likeness (QED) is 0.469. The predicted molar refractivity (Wildman–Crippen MR) is 159 cm³/mol. The Kier molecular flexibility index (Phi) is 9.05. The first-order valence-corrected chi connectivity index (χ1v) is 16.4. The number of carbonyl (C=O) groups is 3. The van der Waals surface area contributed by atoms with Crippen LogP contribution in [0.1, 0.15) is 48.8 Å². The smallest absolute Gasteiger partial charge is 0.419 e. The molecule has 1 saturated carbocycles. The van der Waals surface area contributed by atoms with Crippen LogP contribution in [0.25, 0.3) is 0 Å². The molecule has 2 aromatic carbocycles. The van der Waals surface area contributed by atoms with Crippen molar-refractivity contribution in [1.82, 2.24) is 14.1 Å². The van der Waals surface area contributed by atoms with Crippen LogP contribution >= 0.6 is 0 Å². The van der Waals surface area contributed by atoms with Gasteiger partial charge in [0.1, 0.15) is 12.6 Å². The Hall–Kier alpha value is -3.60. The fraction of sp³-hybridized carbons (Fsp3) is 0.516. The van der Waals surface area contributed by atoms with Crippen molar-refractivity contribution in [2.45, 2.75) is 58.6 Å². The van der Waals surface area contributed by atoms with Gasteiger partial charge < -0.3 is 14.5 Å². The van der Waals surface area contributed by atoms with E-state index >= 15 is 0 Å². The average molecular weight is 597 g/mol. The van der Waals surface area contributed by atoms with E-state index in [4.69, 9.17) is 4.74 Å². The highest BCUT2D eigenvalue weighted by Gasteiger charge is 2.51. The topological polar surface area (TPSA) is 108 Å². The fourth-order valence-corrected chi connectivity index (χ4v) is 7.97. The van der Waals surface area contributed by atoms with Gasteiger partial charge in [0.2, 0.25) is 15.9 Å². The first kappa shape index (κ1) is 29.9. The molecule has 2 heterocycles. The molecule has 1 unspecified atom stereocenters. The van der Waals surface area contributed by atoms with E-state index in [1.165, 1.54) is 0 Å². The molecular weight excluding hydrogens is 556 g/mol. The van der Waals surface area contributed by atoms with Gasteiger partial charge in [-0.25, -0.2) is 27.2 Å². The summed E-state index contributed by atoms with van der Waals surface area (Å²) in [7, 11) is -4.04. The first-order chi connectivity index (χ1) is 20.1. The van der Waals surface area contributed by atoms with Crippen molar-refractivity contribution in [2.75, 3.05) is 43.4 Å². The van der Waals surface area contributed by atoms with E-state index in [1.54, 1.807) is 29.2 Å². The van der Waals surface area contributed by atoms with Gasteiger partial charge in [0.05, 0.1) is 12.3 Å². The summed E-state index contributed by atoms with van der Waals surface area (Å²) in [4.78, 5) is 45.2. The zero-order chi connectivity index (χ0) is 29.9. The summed E-state index contributed by atoms with van der Waals surface area (Å²) in [5.74, 6) is -0.653. The number of benzene rings is 2. The molecule has 2 aliphatic heterocycles. The van der Waals surface area contributed by atoms with E-state index in [9.17, 15) is 22.8 Å². The Morgan fingerprint density at radius 3 is 2.31 bits per heavy atom. The Morgan fingerprint density at radius 1 is 0.929 bits per heavy atom. The standard InChI is InChI=1S/C31H40N4O6S/c1-23-13-14-24(2)27(19-23)32-15-17-33(18-16-32)29(36)28-20-34(42(39,40)22-26-11-7-4-8-12-26)30(37)35(28)31(38)41-21-25-9-5-3-6-10-25/h3,5-6,9-10,13-14,19,26,28H,4,7-8,11-12,15-18,20-22H2,1-2H3. The Balaban J connectivity index is 1.32. The molecule has 11 heteroatoms. The summed E-state index contributed by atoms with van der Waals surface area (Å²) >= 11 is 0. The van der Waals surface area contributed by atoms with Crippen LogP contribution in [-0.2, 0) is 26.2 Å². The van der Waals surface area contributed by atoms with Crippen LogP contribution in [0.15, 0.2) is 48.5 Å². The van der Waals surface area contributed by atoms with Gasteiger partial charge in [-0.2, -0.15) is 0 Å². The van der Waals surface area contributed by atoms with Crippen molar-refractivity contribution in [2.24, 2.45) is 5.92 Å². The highest BCUT2D eigenvalue weighted by atomic mass is 32.2. The van der Waals surface area contributed by atoms with Gasteiger partial charge >= 0.3 is 12.1 Å². The molecule has 3 fully saturated rings. The number of sulfonamides is 1. The number of piperazine rings is 1. The van der Waals surface area contributed by atoms with Gasteiger partial charge in [0.25, 0.3) is 0 Å². The zero-order valence-corrected chi connectivity index (χ0v) is 25.2. The fourth-order valence-electron chi connectivity index (χ4n) is 6.17. The van der Waals surface area contributed by atoms with Crippen LogP contribution in [0, 0.1) is 19.8 Å². The number of aryl methyl sites for hydroxylation is 2. The molecular formula is C31H40N4O6S. The highest BCUT2D eigenvalue weighted by molar-refractivity contribution is 7.89. The lowest BCUT2D eigenvalue weighted by molar-refractivity contribution is -0.135. The van der Waals surface area contributed by atoms with E-state index in [0.29, 0.717) is 36.6 Å². The molecule has 0 bridgehead atoms. The van der Waals surface area contributed by atoms with Crippen LogP contribution in [0.5, 0.6) is 0 Å². The van der Waals surface area contributed by atoms with Crippen LogP contribution < -0.4 is 4.90 Å². The normalized spacial score (nSPS) is 20.2. The number of imide groups is 1. The molecule has 1 aliphatic carbocycles. The van der Waals surface area contributed by atoms with E-state index < -0.39 is 40.6 Å². The summed E-state index contributed by atoms with van der Waals surface area (Å²) in [6, 6.07) is 13.0. The van der Waals surface area contributed by atoms with Crippen LogP contribution in [-0.4, -0.2) is 85.1 Å². The number of hydrogen-bond donors (Lipinski definition) is 0. The second-order valence-corrected chi connectivity index (χ2v) is 13.6. The first-order valence-electron chi connectivity index (χ1n) is 14.8. The number of ether oxygens (including phenoxy) is 1. The monoisotopic (exact) mass is 596 g/mol. The van der Waals surface area contributed by atoms with Crippen LogP contribution in [0.3, 0.4) is 0 Å². The minimum atomic E-state index is -4.04. The molecule has 3 aliphatic rings. The SMILES string of the molecule is Cc1ccc(C)c(N2CCN(C(=O)C3CN(S(=O)(=O)CC4CCCCC4)C(=O)N3C(=O)OCc3ccccc3)CC2)c1. The Bertz CT molecular complexity index is 1400. The number of carbonyl (C=O) groups excluding carboxylic acids is 3. The van der Waals surface area contributed by atoms with Gasteiger partial charge in [-0.1, -0.05) is 61.7 Å². The maximum Gasteiger partial charge on any atom is 0.419 e. The summed E-state index contributed by atoms with van der Waals surface area (Å²) in [5, 5.41) is 0. The highest BCUT2D eigenvalue weighted by Crippen LogP contribution is 2.30. The predicted octanol–water partition coefficient (Wildman–Crippen LogP) is 4.31. The molecule has 226 valence electrons. The number of rotatable bonds is 7. The molecule has 4 amide bonds. The van der Waals surface area contributed by atoms with Gasteiger partial charge in [0, 0.05) is 31.9 Å². The molecule has 0 radical (unpaired) electrons. The lowest BCUT2D eigenvalue weighted by Gasteiger charge is -2.38. The van der Waals surface area contributed by atoms with Crippen LogP contribution in [0.2, 0.25) is 0 Å². The molecule has 1 atom stereocenters. The van der Waals surface area contributed by atoms with E-state index in [2.05, 4.69) is 30.0 Å². The zero-order valence-electron chi connectivity index (χ0n) is 24.4. The van der Waals surface area contributed by atoms with Gasteiger partial charge in [-0.15, -0.1) is 0 Å². The van der Waals surface area contributed by atoms with Gasteiger partial charge in [-0.3, -0.25) is 4.79 Å². The molecule has 10 nitrogen and oxygen atoms in total. The summed E-state index contributed by atoms with van der Waals surface area (Å²) in [6.45, 7) is 5.53. The molecule has 0 spiro atoms. The van der Waals surface area contributed by atoms with Crippen LogP contribution in [0.4, 0.5) is 15.3 Å². The largest absolute Gasteiger partial charge is 0.444 e. The van der Waals surface area contributed by atoms with Gasteiger partial charge in [0.15, 0.2) is 0 Å². The van der Waals surface area contributed by atoms with Crippen molar-refractivity contribution in [3.63, 3.8) is 0 Å². The van der Waals surface area contributed by atoms with E-state index in [0.717, 1.165) is 53.2 Å². The maximum absolute atomic E-state index is 13.8. The van der Waals surface area contributed by atoms with Crippen molar-refractivity contribution in [3.8, 4) is 0 Å². The summed E-state index contributed by atoms with van der Waals surface area (Å²) in [5.41, 5.74) is 4.12. The van der Waals surface area contributed by atoms with Crippen molar-refractivity contribution >= 4 is 33.7 Å². The lowest BCUT2D eigenvalue weighted by Crippen LogP contribution is -2.55. The summed E-state index contributed by atoms with van der Waals surface area (Å²) in [6.07, 6.45) is 3.55. The third-order valence-corrected chi connectivity index (χ3v) is 10.4. The number of amides is 4. The molecule has 2 saturated heterocycles. The number of hydrogen-bond acceptors (Lipinski definition) is 7. The molecule has 2 aromatic rings.